The first-order chi connectivity index (χ1) is 12.4. The fraction of sp³-hybridized carbons (Fsp3) is 0. The van der Waals surface area contributed by atoms with E-state index in [-0.39, 0.29) is 17.0 Å². The largest absolute Gasteiger partial charge is 0.291 e. The highest BCUT2D eigenvalue weighted by molar-refractivity contribution is 8.93. The smallest absolute Gasteiger partial charge is 0.202 e. The first-order valence-corrected chi connectivity index (χ1v) is 8.47. The Hall–Kier alpha value is -2.91. The van der Waals surface area contributed by atoms with Crippen LogP contribution in [0.4, 0.5) is 0 Å². The van der Waals surface area contributed by atoms with E-state index in [2.05, 4.69) is 112 Å². The van der Waals surface area contributed by atoms with Crippen LogP contribution in [-0.2, 0) is 0 Å². The maximum atomic E-state index is 2.34. The predicted molar refractivity (Wildman–Crippen MR) is 112 cm³/mol. The number of nitrogens with zero attached hydrogens (tertiary/aromatic N) is 2. The number of fused-ring (bicyclic) bond motifs is 2. The number of imidazole rings is 1. The zero-order valence-electron chi connectivity index (χ0n) is 14.1. The highest BCUT2D eigenvalue weighted by atomic mass is 79.9. The number of hydrogen-bond acceptors (Lipinski definition) is 0. The van der Waals surface area contributed by atoms with Crippen molar-refractivity contribution in [2.24, 2.45) is 0 Å². The van der Waals surface area contributed by atoms with Crippen molar-refractivity contribution in [3.05, 3.63) is 103 Å². The molecular formula is C23H18BrN2+. The molecule has 0 N–H and O–H groups in total. The van der Waals surface area contributed by atoms with Crippen molar-refractivity contribution < 1.29 is 4.40 Å². The molecule has 0 aliphatic rings. The molecule has 0 saturated heterocycles. The van der Waals surface area contributed by atoms with E-state index < -0.39 is 0 Å². The van der Waals surface area contributed by atoms with Crippen LogP contribution in [0.2, 0.25) is 0 Å². The number of aromatic nitrogens is 2. The molecule has 0 fully saturated rings. The van der Waals surface area contributed by atoms with Gasteiger partial charge in [-0.2, -0.15) is 4.57 Å². The highest BCUT2D eigenvalue weighted by Gasteiger charge is 2.21. The normalized spacial score (nSPS) is 10.8. The molecule has 0 aliphatic heterocycles. The van der Waals surface area contributed by atoms with E-state index in [4.69, 9.17) is 0 Å². The van der Waals surface area contributed by atoms with Crippen LogP contribution < -0.4 is 4.40 Å². The fourth-order valence-electron chi connectivity index (χ4n) is 3.53. The molecular weight excluding hydrogens is 384 g/mol. The molecule has 5 aromatic rings. The summed E-state index contributed by atoms with van der Waals surface area (Å²) in [6, 6.07) is 31.9. The molecule has 2 aromatic heterocycles. The fourth-order valence-corrected chi connectivity index (χ4v) is 3.53. The zero-order valence-corrected chi connectivity index (χ0v) is 15.8. The van der Waals surface area contributed by atoms with Crippen molar-refractivity contribution in [3.8, 4) is 16.9 Å². The summed E-state index contributed by atoms with van der Waals surface area (Å²) in [6.07, 6.45) is 4.30. The summed E-state index contributed by atoms with van der Waals surface area (Å²) in [4.78, 5) is 0. The molecule has 0 spiro atoms. The van der Waals surface area contributed by atoms with Gasteiger partial charge in [-0.05, 0) is 17.5 Å². The van der Waals surface area contributed by atoms with Gasteiger partial charge in [0.05, 0.1) is 6.20 Å². The van der Waals surface area contributed by atoms with Crippen LogP contribution in [0.25, 0.3) is 33.4 Å². The van der Waals surface area contributed by atoms with Crippen molar-refractivity contribution in [1.29, 1.82) is 0 Å². The predicted octanol–water partition coefficient (Wildman–Crippen LogP) is 5.61. The van der Waals surface area contributed by atoms with E-state index in [1.165, 1.54) is 27.7 Å². The zero-order chi connectivity index (χ0) is 16.6. The second kappa shape index (κ2) is 6.77. The third kappa shape index (κ3) is 2.61. The summed E-state index contributed by atoms with van der Waals surface area (Å²) in [5.74, 6) is 0. The number of rotatable bonds is 2. The summed E-state index contributed by atoms with van der Waals surface area (Å²) in [5.41, 5.74) is 4.74. The summed E-state index contributed by atoms with van der Waals surface area (Å²) in [5, 5.41) is 2.51. The third-order valence-corrected chi connectivity index (χ3v) is 4.68. The number of halogens is 1. The molecule has 3 heteroatoms. The van der Waals surface area contributed by atoms with Crippen LogP contribution in [0.3, 0.4) is 0 Å². The molecule has 0 aliphatic carbocycles. The Morgan fingerprint density at radius 3 is 2.27 bits per heavy atom. The van der Waals surface area contributed by atoms with Crippen LogP contribution in [0.15, 0.2) is 103 Å². The van der Waals surface area contributed by atoms with Gasteiger partial charge in [-0.15, -0.1) is 17.0 Å². The molecule has 126 valence electrons. The van der Waals surface area contributed by atoms with Gasteiger partial charge in [-0.1, -0.05) is 72.8 Å². The Balaban J connectivity index is 0.00000168. The maximum Gasteiger partial charge on any atom is 0.291 e. The third-order valence-electron chi connectivity index (χ3n) is 4.68. The van der Waals surface area contributed by atoms with Crippen LogP contribution in [-0.4, -0.2) is 4.57 Å². The van der Waals surface area contributed by atoms with Gasteiger partial charge in [0.25, 0.3) is 5.65 Å². The topological polar surface area (TPSA) is 9.03 Å². The number of pyridine rings is 1. The number of hydrogen-bond donors (Lipinski definition) is 0. The molecule has 0 atom stereocenters. The van der Waals surface area contributed by atoms with E-state index in [1.54, 1.807) is 0 Å². The lowest BCUT2D eigenvalue weighted by atomic mass is 10.1. The average molecular weight is 402 g/mol. The molecule has 26 heavy (non-hydrogen) atoms. The van der Waals surface area contributed by atoms with Gasteiger partial charge in [-0.3, -0.25) is 0 Å². The highest BCUT2D eigenvalue weighted by Crippen LogP contribution is 2.29. The lowest BCUT2D eigenvalue weighted by Gasteiger charge is -2.06. The van der Waals surface area contributed by atoms with E-state index in [0.717, 1.165) is 5.65 Å². The second-order valence-electron chi connectivity index (χ2n) is 6.18. The van der Waals surface area contributed by atoms with E-state index in [0.29, 0.717) is 0 Å². The van der Waals surface area contributed by atoms with Gasteiger partial charge in [0.1, 0.15) is 11.9 Å². The van der Waals surface area contributed by atoms with Crippen molar-refractivity contribution in [2.45, 2.75) is 0 Å². The molecule has 2 nitrogen and oxygen atoms in total. The molecule has 0 saturated carbocycles. The summed E-state index contributed by atoms with van der Waals surface area (Å²) < 4.78 is 4.53. The molecule has 2 heterocycles. The van der Waals surface area contributed by atoms with Gasteiger partial charge in [0, 0.05) is 17.0 Å². The second-order valence-corrected chi connectivity index (χ2v) is 6.18. The van der Waals surface area contributed by atoms with Gasteiger partial charge in [-0.25, -0.2) is 4.40 Å². The van der Waals surface area contributed by atoms with Crippen molar-refractivity contribution >= 4 is 33.4 Å². The van der Waals surface area contributed by atoms with Crippen LogP contribution in [0.5, 0.6) is 0 Å². The van der Waals surface area contributed by atoms with Crippen LogP contribution in [0, 0.1) is 0 Å². The van der Waals surface area contributed by atoms with Crippen molar-refractivity contribution in [3.63, 3.8) is 0 Å². The van der Waals surface area contributed by atoms with Gasteiger partial charge >= 0.3 is 0 Å². The Morgan fingerprint density at radius 1 is 0.654 bits per heavy atom. The molecule has 0 unspecified atom stereocenters. The van der Waals surface area contributed by atoms with Gasteiger partial charge in [0.15, 0.2) is 5.69 Å². The number of benzene rings is 3. The summed E-state index contributed by atoms with van der Waals surface area (Å²) >= 11 is 0. The SMILES string of the molecule is Br.c1ccc(-c2c[n+]3ccccc3n2-c2cccc3ccccc23)cc1. The standard InChI is InChI=1S/C23H17N2.BrH/c1-2-10-19(11-3-1)22-17-24-16-7-6-15-23(24)25(22)21-14-8-12-18-9-4-5-13-20(18)21;/h1-17H;1H/q+1;. The molecule has 0 bridgehead atoms. The summed E-state index contributed by atoms with van der Waals surface area (Å²) in [7, 11) is 0. The average Bonchev–Trinajstić information content (AvgIpc) is 3.08. The minimum absolute atomic E-state index is 0. The van der Waals surface area contributed by atoms with E-state index in [1.807, 2.05) is 0 Å². The Bertz CT molecular complexity index is 1190. The van der Waals surface area contributed by atoms with Gasteiger partial charge in [0.2, 0.25) is 0 Å². The van der Waals surface area contributed by atoms with Crippen molar-refractivity contribution in [2.75, 3.05) is 0 Å². The minimum atomic E-state index is 0. The Morgan fingerprint density at radius 2 is 1.38 bits per heavy atom. The van der Waals surface area contributed by atoms with Gasteiger partial charge < -0.3 is 0 Å². The lowest BCUT2D eigenvalue weighted by Crippen LogP contribution is -2.17. The van der Waals surface area contributed by atoms with Crippen molar-refractivity contribution in [1.82, 2.24) is 4.57 Å². The quantitative estimate of drug-likeness (QED) is 0.339. The molecule has 0 radical (unpaired) electrons. The maximum absolute atomic E-state index is 2.34. The monoisotopic (exact) mass is 401 g/mol. The first kappa shape index (κ1) is 16.6. The summed E-state index contributed by atoms with van der Waals surface area (Å²) in [6.45, 7) is 0. The van der Waals surface area contributed by atoms with Crippen LogP contribution >= 0.6 is 17.0 Å². The molecule has 0 amide bonds. The molecule has 5 rings (SSSR count). The Labute approximate surface area is 162 Å². The Kier molecular flexibility index (Phi) is 4.31. The van der Waals surface area contributed by atoms with Crippen LogP contribution in [0.1, 0.15) is 0 Å². The first-order valence-electron chi connectivity index (χ1n) is 8.47. The molecule has 3 aromatic carbocycles. The minimum Gasteiger partial charge on any atom is -0.202 e. The van der Waals surface area contributed by atoms with E-state index >= 15 is 0 Å². The van der Waals surface area contributed by atoms with E-state index in [9.17, 15) is 0 Å². The lowest BCUT2D eigenvalue weighted by molar-refractivity contribution is -0.510.